The highest BCUT2D eigenvalue weighted by Gasteiger charge is 2.08. The van der Waals surface area contributed by atoms with Gasteiger partial charge >= 0.3 is 0 Å². The van der Waals surface area contributed by atoms with Crippen molar-refractivity contribution in [3.8, 4) is 5.75 Å². The molecule has 0 heterocycles. The molecular formula is C15H13ClN4O3S. The van der Waals surface area contributed by atoms with E-state index in [9.17, 15) is 10.1 Å². The Morgan fingerprint density at radius 1 is 1.33 bits per heavy atom. The van der Waals surface area contributed by atoms with Crippen molar-refractivity contribution in [2.24, 2.45) is 5.10 Å². The number of non-ortho nitro benzene ring substituents is 1. The van der Waals surface area contributed by atoms with Gasteiger partial charge in [0, 0.05) is 28.4 Å². The Balaban J connectivity index is 1.96. The highest BCUT2D eigenvalue weighted by molar-refractivity contribution is 7.80. The number of hydrogen-bond acceptors (Lipinski definition) is 5. The second-order valence-corrected chi connectivity index (χ2v) is 5.33. The summed E-state index contributed by atoms with van der Waals surface area (Å²) in [5.41, 5.74) is 3.71. The first-order valence-electron chi connectivity index (χ1n) is 6.67. The zero-order valence-electron chi connectivity index (χ0n) is 12.5. The molecule has 0 amide bonds. The summed E-state index contributed by atoms with van der Waals surface area (Å²) in [5.74, 6) is 0.734. The number of nitrogens with zero attached hydrogens (tertiary/aromatic N) is 2. The third-order valence-electron chi connectivity index (χ3n) is 2.91. The SMILES string of the molecule is COc1ccc(NC(=S)N/N=C\c2cc([N+](=O)[O-])ccc2Cl)cc1. The van der Waals surface area contributed by atoms with Gasteiger partial charge in [0.25, 0.3) is 5.69 Å². The second kappa shape index (κ2) is 8.23. The van der Waals surface area contributed by atoms with Gasteiger partial charge < -0.3 is 10.1 Å². The van der Waals surface area contributed by atoms with E-state index in [1.807, 2.05) is 0 Å². The molecule has 0 radical (unpaired) electrons. The van der Waals surface area contributed by atoms with Crippen molar-refractivity contribution in [1.29, 1.82) is 0 Å². The summed E-state index contributed by atoms with van der Waals surface area (Å²) >= 11 is 11.1. The number of methoxy groups -OCH3 is 1. The molecule has 2 aromatic carbocycles. The van der Waals surface area contributed by atoms with E-state index in [1.165, 1.54) is 24.4 Å². The van der Waals surface area contributed by atoms with E-state index in [2.05, 4.69) is 15.8 Å². The van der Waals surface area contributed by atoms with Gasteiger partial charge in [0.15, 0.2) is 5.11 Å². The Morgan fingerprint density at radius 2 is 2.04 bits per heavy atom. The molecule has 2 rings (SSSR count). The molecule has 2 aromatic rings. The Morgan fingerprint density at radius 3 is 2.67 bits per heavy atom. The number of rotatable bonds is 5. The molecule has 124 valence electrons. The Kier molecular flexibility index (Phi) is 6.05. The van der Waals surface area contributed by atoms with Crippen molar-refractivity contribution in [3.05, 3.63) is 63.2 Å². The zero-order chi connectivity index (χ0) is 17.5. The van der Waals surface area contributed by atoms with Crippen LogP contribution in [0.2, 0.25) is 5.02 Å². The Labute approximate surface area is 148 Å². The molecule has 0 fully saturated rings. The monoisotopic (exact) mass is 364 g/mol. The number of benzene rings is 2. The van der Waals surface area contributed by atoms with Crippen molar-refractivity contribution in [2.45, 2.75) is 0 Å². The summed E-state index contributed by atoms with van der Waals surface area (Å²) in [5, 5.41) is 18.2. The van der Waals surface area contributed by atoms with Crippen LogP contribution in [-0.4, -0.2) is 23.4 Å². The molecule has 0 spiro atoms. The average Bonchev–Trinajstić information content (AvgIpc) is 2.57. The van der Waals surface area contributed by atoms with Crippen LogP contribution in [0.15, 0.2) is 47.6 Å². The van der Waals surface area contributed by atoms with Gasteiger partial charge in [-0.05, 0) is 42.5 Å². The summed E-state index contributed by atoms with van der Waals surface area (Å²) in [6.07, 6.45) is 1.36. The van der Waals surface area contributed by atoms with Gasteiger partial charge in [-0.15, -0.1) is 0 Å². The minimum Gasteiger partial charge on any atom is -0.497 e. The molecule has 7 nitrogen and oxygen atoms in total. The van der Waals surface area contributed by atoms with E-state index in [0.29, 0.717) is 10.6 Å². The predicted octanol–water partition coefficient (Wildman–Crippen LogP) is 3.58. The molecule has 0 aromatic heterocycles. The van der Waals surface area contributed by atoms with Crippen LogP contribution < -0.4 is 15.5 Å². The number of halogens is 1. The molecule has 0 saturated carbocycles. The maximum atomic E-state index is 10.8. The molecule has 0 saturated heterocycles. The quantitative estimate of drug-likeness (QED) is 0.365. The second-order valence-electron chi connectivity index (χ2n) is 4.52. The number of hydrogen-bond donors (Lipinski definition) is 2. The maximum absolute atomic E-state index is 10.8. The van der Waals surface area contributed by atoms with Gasteiger partial charge in [-0.25, -0.2) is 0 Å². The lowest BCUT2D eigenvalue weighted by molar-refractivity contribution is -0.384. The van der Waals surface area contributed by atoms with E-state index in [4.69, 9.17) is 28.6 Å². The van der Waals surface area contributed by atoms with E-state index in [-0.39, 0.29) is 10.8 Å². The third-order valence-corrected chi connectivity index (χ3v) is 3.45. The highest BCUT2D eigenvalue weighted by atomic mass is 35.5. The standard InChI is InChI=1S/C15H13ClN4O3S/c1-23-13-5-2-11(3-6-13)18-15(24)19-17-9-10-8-12(20(21)22)4-7-14(10)16/h2-9H,1H3,(H2,18,19,24)/b17-9-. The normalized spacial score (nSPS) is 10.4. The van der Waals surface area contributed by atoms with Crippen LogP contribution >= 0.6 is 23.8 Å². The molecule has 0 bridgehead atoms. The van der Waals surface area contributed by atoms with Gasteiger partial charge in [-0.1, -0.05) is 11.6 Å². The fraction of sp³-hybridized carbons (Fsp3) is 0.0667. The van der Waals surface area contributed by atoms with E-state index in [0.717, 1.165) is 11.4 Å². The lowest BCUT2D eigenvalue weighted by atomic mass is 10.2. The van der Waals surface area contributed by atoms with Crippen molar-refractivity contribution >= 4 is 46.5 Å². The molecule has 24 heavy (non-hydrogen) atoms. The summed E-state index contributed by atoms with van der Waals surface area (Å²) in [4.78, 5) is 10.3. The van der Waals surface area contributed by atoms with Crippen LogP contribution in [0.3, 0.4) is 0 Å². The van der Waals surface area contributed by atoms with Crippen molar-refractivity contribution in [1.82, 2.24) is 5.43 Å². The lowest BCUT2D eigenvalue weighted by Gasteiger charge is -2.07. The molecular weight excluding hydrogens is 352 g/mol. The largest absolute Gasteiger partial charge is 0.497 e. The summed E-state index contributed by atoms with van der Waals surface area (Å²) in [6.45, 7) is 0. The molecule has 0 atom stereocenters. The maximum Gasteiger partial charge on any atom is 0.270 e. The number of nitro benzene ring substituents is 1. The number of hydrazone groups is 1. The molecule has 0 unspecified atom stereocenters. The van der Waals surface area contributed by atoms with Crippen LogP contribution in [-0.2, 0) is 0 Å². The van der Waals surface area contributed by atoms with Crippen LogP contribution in [0.1, 0.15) is 5.56 Å². The average molecular weight is 365 g/mol. The molecule has 0 aliphatic heterocycles. The predicted molar refractivity (Wildman–Crippen MR) is 98.1 cm³/mol. The lowest BCUT2D eigenvalue weighted by Crippen LogP contribution is -2.23. The summed E-state index contributed by atoms with van der Waals surface area (Å²) < 4.78 is 5.07. The van der Waals surface area contributed by atoms with Crippen LogP contribution in [0.4, 0.5) is 11.4 Å². The Bertz CT molecular complexity index is 781. The minimum absolute atomic E-state index is 0.0696. The van der Waals surface area contributed by atoms with Gasteiger partial charge in [-0.3, -0.25) is 15.5 Å². The highest BCUT2D eigenvalue weighted by Crippen LogP contribution is 2.20. The molecule has 9 heteroatoms. The first-order chi connectivity index (χ1) is 11.5. The van der Waals surface area contributed by atoms with Gasteiger partial charge in [-0.2, -0.15) is 5.10 Å². The molecule has 0 aliphatic rings. The van der Waals surface area contributed by atoms with Gasteiger partial charge in [0.05, 0.1) is 18.2 Å². The minimum atomic E-state index is -0.503. The fourth-order valence-corrected chi connectivity index (χ4v) is 2.07. The number of anilines is 1. The van der Waals surface area contributed by atoms with E-state index in [1.54, 1.807) is 31.4 Å². The van der Waals surface area contributed by atoms with E-state index < -0.39 is 4.92 Å². The number of nitrogens with one attached hydrogen (secondary N) is 2. The summed E-state index contributed by atoms with van der Waals surface area (Å²) in [6, 6.07) is 11.3. The number of ether oxygens (including phenoxy) is 1. The van der Waals surface area contributed by atoms with Crippen molar-refractivity contribution in [3.63, 3.8) is 0 Å². The Hall–Kier alpha value is -2.71. The third kappa shape index (κ3) is 4.90. The molecule has 2 N–H and O–H groups in total. The van der Waals surface area contributed by atoms with Gasteiger partial charge in [0.1, 0.15) is 5.75 Å². The molecule has 0 aliphatic carbocycles. The summed E-state index contributed by atoms with van der Waals surface area (Å²) in [7, 11) is 1.59. The first-order valence-corrected chi connectivity index (χ1v) is 7.46. The topological polar surface area (TPSA) is 88.8 Å². The van der Waals surface area contributed by atoms with Crippen LogP contribution in [0.25, 0.3) is 0 Å². The zero-order valence-corrected chi connectivity index (χ0v) is 14.1. The number of nitro groups is 1. The van der Waals surface area contributed by atoms with Crippen molar-refractivity contribution in [2.75, 3.05) is 12.4 Å². The van der Waals surface area contributed by atoms with E-state index >= 15 is 0 Å². The van der Waals surface area contributed by atoms with Gasteiger partial charge in [0.2, 0.25) is 0 Å². The van der Waals surface area contributed by atoms with Crippen LogP contribution in [0.5, 0.6) is 5.75 Å². The smallest absolute Gasteiger partial charge is 0.270 e. The van der Waals surface area contributed by atoms with Crippen LogP contribution in [0, 0.1) is 10.1 Å². The van der Waals surface area contributed by atoms with Crippen molar-refractivity contribution < 1.29 is 9.66 Å². The number of thiocarbonyl (C=S) groups is 1. The first kappa shape index (κ1) is 17.6. The fourth-order valence-electron chi connectivity index (χ4n) is 1.74.